The lowest BCUT2D eigenvalue weighted by atomic mass is 9.99. The highest BCUT2D eigenvalue weighted by Crippen LogP contribution is 2.22. The maximum absolute atomic E-state index is 11.4. The first-order valence-corrected chi connectivity index (χ1v) is 6.97. The van der Waals surface area contributed by atoms with Crippen LogP contribution in [0.25, 0.3) is 10.8 Å². The predicted octanol–water partition coefficient (Wildman–Crippen LogP) is 2.97. The van der Waals surface area contributed by atoms with Gasteiger partial charge >= 0.3 is 0 Å². The summed E-state index contributed by atoms with van der Waals surface area (Å²) in [6.45, 7) is 2.52. The third-order valence-corrected chi connectivity index (χ3v) is 3.42. The summed E-state index contributed by atoms with van der Waals surface area (Å²) in [6.07, 6.45) is 0.908. The van der Waals surface area contributed by atoms with Crippen LogP contribution in [0.4, 0.5) is 0 Å². The van der Waals surface area contributed by atoms with E-state index in [0.29, 0.717) is 0 Å². The van der Waals surface area contributed by atoms with E-state index in [4.69, 9.17) is 0 Å². The van der Waals surface area contributed by atoms with Crippen molar-refractivity contribution in [3.63, 3.8) is 0 Å². The molecule has 106 valence electrons. The third kappa shape index (κ3) is 3.81. The van der Waals surface area contributed by atoms with E-state index in [2.05, 4.69) is 40.5 Å². The van der Waals surface area contributed by atoms with Crippen molar-refractivity contribution in [3.05, 3.63) is 48.0 Å². The summed E-state index contributed by atoms with van der Waals surface area (Å²) in [5, 5.41) is 5.49. The number of hydrogen-bond acceptors (Lipinski definition) is 2. The predicted molar refractivity (Wildman–Crippen MR) is 83.7 cm³/mol. The Morgan fingerprint density at radius 1 is 1.15 bits per heavy atom. The average molecular weight is 270 g/mol. The summed E-state index contributed by atoms with van der Waals surface area (Å²) in [5.41, 5.74) is 1.17. The molecule has 2 aromatic rings. The van der Waals surface area contributed by atoms with Crippen molar-refractivity contribution in [3.8, 4) is 0 Å². The Labute approximate surface area is 120 Å². The molecular weight excluding hydrogens is 248 g/mol. The van der Waals surface area contributed by atoms with Gasteiger partial charge in [-0.05, 0) is 49.5 Å². The van der Waals surface area contributed by atoms with Crippen molar-refractivity contribution in [2.24, 2.45) is 0 Å². The second kappa shape index (κ2) is 6.53. The molecule has 1 unspecified atom stereocenters. The Bertz CT molecular complexity index is 592. The van der Waals surface area contributed by atoms with Crippen LogP contribution in [0.5, 0.6) is 0 Å². The Morgan fingerprint density at radius 2 is 1.85 bits per heavy atom. The van der Waals surface area contributed by atoms with Crippen LogP contribution < -0.4 is 5.32 Å². The normalized spacial score (nSPS) is 12.6. The molecule has 3 heteroatoms. The topological polar surface area (TPSA) is 32.3 Å². The number of amides is 1. The second-order valence-electron chi connectivity index (χ2n) is 5.45. The van der Waals surface area contributed by atoms with Gasteiger partial charge in [-0.25, -0.2) is 0 Å². The van der Waals surface area contributed by atoms with Gasteiger partial charge in [-0.15, -0.1) is 0 Å². The zero-order valence-electron chi connectivity index (χ0n) is 12.4. The zero-order valence-corrected chi connectivity index (χ0v) is 12.4. The lowest BCUT2D eigenvalue weighted by Gasteiger charge is -2.21. The highest BCUT2D eigenvalue weighted by Gasteiger charge is 2.13. The number of fused-ring (bicyclic) bond motifs is 1. The first kappa shape index (κ1) is 14.5. The Hall–Kier alpha value is -1.87. The molecule has 1 atom stereocenters. The molecule has 20 heavy (non-hydrogen) atoms. The third-order valence-electron chi connectivity index (χ3n) is 3.42. The van der Waals surface area contributed by atoms with Gasteiger partial charge in [-0.3, -0.25) is 4.79 Å². The number of carbonyl (C=O) groups excluding carboxylic acids is 1. The fourth-order valence-electron chi connectivity index (χ4n) is 2.38. The van der Waals surface area contributed by atoms with Crippen LogP contribution in [0.2, 0.25) is 0 Å². The van der Waals surface area contributed by atoms with Crippen molar-refractivity contribution >= 4 is 16.7 Å². The highest BCUT2D eigenvalue weighted by atomic mass is 16.1. The molecule has 0 aliphatic heterocycles. The SMILES string of the molecule is CC(=O)NC(CCN(C)C)c1ccc2ccccc2c1. The molecule has 0 fully saturated rings. The minimum atomic E-state index is 0.0157. The van der Waals surface area contributed by atoms with Gasteiger partial charge in [0.2, 0.25) is 5.91 Å². The number of benzene rings is 2. The molecule has 0 aliphatic rings. The Morgan fingerprint density at radius 3 is 2.50 bits per heavy atom. The van der Waals surface area contributed by atoms with Gasteiger partial charge in [-0.2, -0.15) is 0 Å². The summed E-state index contributed by atoms with van der Waals surface area (Å²) in [4.78, 5) is 13.5. The smallest absolute Gasteiger partial charge is 0.217 e. The Kier molecular flexibility index (Phi) is 4.74. The monoisotopic (exact) mass is 270 g/mol. The van der Waals surface area contributed by atoms with Crippen molar-refractivity contribution < 1.29 is 4.79 Å². The van der Waals surface area contributed by atoms with E-state index in [1.807, 2.05) is 26.2 Å². The lowest BCUT2D eigenvalue weighted by molar-refractivity contribution is -0.119. The summed E-state index contributed by atoms with van der Waals surface area (Å²) in [6, 6.07) is 14.8. The van der Waals surface area contributed by atoms with Crippen molar-refractivity contribution in [2.45, 2.75) is 19.4 Å². The summed E-state index contributed by atoms with van der Waals surface area (Å²) in [7, 11) is 4.09. The van der Waals surface area contributed by atoms with Crippen LogP contribution in [0.1, 0.15) is 24.9 Å². The fourth-order valence-corrected chi connectivity index (χ4v) is 2.38. The first-order valence-electron chi connectivity index (χ1n) is 6.97. The van der Waals surface area contributed by atoms with E-state index in [-0.39, 0.29) is 11.9 Å². The number of rotatable bonds is 5. The molecular formula is C17H22N2O. The molecule has 3 nitrogen and oxygen atoms in total. The molecule has 0 saturated heterocycles. The summed E-state index contributed by atoms with van der Waals surface area (Å²) in [5.74, 6) is 0.0157. The van der Waals surface area contributed by atoms with Crippen LogP contribution >= 0.6 is 0 Å². The van der Waals surface area contributed by atoms with Crippen molar-refractivity contribution in [2.75, 3.05) is 20.6 Å². The van der Waals surface area contributed by atoms with E-state index in [0.717, 1.165) is 13.0 Å². The van der Waals surface area contributed by atoms with Gasteiger partial charge in [-0.1, -0.05) is 36.4 Å². The molecule has 0 radical (unpaired) electrons. The fraction of sp³-hybridized carbons (Fsp3) is 0.353. The van der Waals surface area contributed by atoms with E-state index < -0.39 is 0 Å². The molecule has 1 amide bonds. The van der Waals surface area contributed by atoms with E-state index >= 15 is 0 Å². The van der Waals surface area contributed by atoms with Gasteiger partial charge in [0.1, 0.15) is 0 Å². The molecule has 0 saturated carbocycles. The van der Waals surface area contributed by atoms with Gasteiger partial charge in [0, 0.05) is 6.92 Å². The van der Waals surface area contributed by atoms with Gasteiger partial charge in [0.25, 0.3) is 0 Å². The van der Waals surface area contributed by atoms with E-state index in [1.54, 1.807) is 6.92 Å². The minimum absolute atomic E-state index is 0.0157. The standard InChI is InChI=1S/C17H22N2O/c1-13(20)18-17(10-11-19(2)3)16-9-8-14-6-4-5-7-15(14)12-16/h4-9,12,17H,10-11H2,1-3H3,(H,18,20). The number of nitrogens with one attached hydrogen (secondary N) is 1. The summed E-state index contributed by atoms with van der Waals surface area (Å²) >= 11 is 0. The maximum Gasteiger partial charge on any atom is 0.217 e. The van der Waals surface area contributed by atoms with E-state index in [9.17, 15) is 4.79 Å². The average Bonchev–Trinajstić information content (AvgIpc) is 2.42. The van der Waals surface area contributed by atoms with Gasteiger partial charge in [0.05, 0.1) is 6.04 Å². The van der Waals surface area contributed by atoms with Crippen LogP contribution in [-0.4, -0.2) is 31.4 Å². The second-order valence-corrected chi connectivity index (χ2v) is 5.45. The van der Waals surface area contributed by atoms with E-state index in [1.165, 1.54) is 16.3 Å². The molecule has 2 aromatic carbocycles. The van der Waals surface area contributed by atoms with Crippen molar-refractivity contribution in [1.82, 2.24) is 10.2 Å². The molecule has 1 N–H and O–H groups in total. The summed E-state index contributed by atoms with van der Waals surface area (Å²) < 4.78 is 0. The van der Waals surface area contributed by atoms with Crippen LogP contribution in [0, 0.1) is 0 Å². The molecule has 0 aliphatic carbocycles. The van der Waals surface area contributed by atoms with Crippen molar-refractivity contribution in [1.29, 1.82) is 0 Å². The number of hydrogen-bond donors (Lipinski definition) is 1. The van der Waals surface area contributed by atoms with Gasteiger partial charge < -0.3 is 10.2 Å². The van der Waals surface area contributed by atoms with Crippen LogP contribution in [0.3, 0.4) is 0 Å². The minimum Gasteiger partial charge on any atom is -0.349 e. The quantitative estimate of drug-likeness (QED) is 0.906. The maximum atomic E-state index is 11.4. The number of carbonyl (C=O) groups is 1. The molecule has 0 bridgehead atoms. The van der Waals surface area contributed by atoms with Crippen LogP contribution in [-0.2, 0) is 4.79 Å². The van der Waals surface area contributed by atoms with Gasteiger partial charge in [0.15, 0.2) is 0 Å². The lowest BCUT2D eigenvalue weighted by Crippen LogP contribution is -2.29. The molecule has 0 heterocycles. The highest BCUT2D eigenvalue weighted by molar-refractivity contribution is 5.83. The van der Waals surface area contributed by atoms with Crippen LogP contribution in [0.15, 0.2) is 42.5 Å². The number of nitrogens with zero attached hydrogens (tertiary/aromatic N) is 1. The zero-order chi connectivity index (χ0) is 14.5. The first-order chi connectivity index (χ1) is 9.56. The Balaban J connectivity index is 2.26. The molecule has 0 aromatic heterocycles. The molecule has 2 rings (SSSR count). The molecule has 0 spiro atoms. The largest absolute Gasteiger partial charge is 0.349 e.